The maximum absolute atomic E-state index is 12.9. The first-order valence-electron chi connectivity index (χ1n) is 9.01. The summed E-state index contributed by atoms with van der Waals surface area (Å²) in [4.78, 5) is 10.5. The summed E-state index contributed by atoms with van der Waals surface area (Å²) in [7, 11) is -3.49. The lowest BCUT2D eigenvalue weighted by molar-refractivity contribution is -0.137. The quantitative estimate of drug-likeness (QED) is 0.450. The largest absolute Gasteiger partial charge is 0.481 e. The van der Waals surface area contributed by atoms with E-state index in [-0.39, 0.29) is 24.0 Å². The summed E-state index contributed by atoms with van der Waals surface area (Å²) in [5.74, 6) is -1.31. The molecule has 0 unspecified atom stereocenters. The Morgan fingerprint density at radius 2 is 1.85 bits per heavy atom. The molecule has 144 valence electrons. The van der Waals surface area contributed by atoms with Crippen LogP contribution < -0.4 is 4.72 Å². The third kappa shape index (κ3) is 7.25. The minimum absolute atomic E-state index is 0.160. The van der Waals surface area contributed by atoms with Crippen LogP contribution in [-0.4, -0.2) is 25.5 Å². The Hall–Kier alpha value is -1.73. The zero-order valence-corrected chi connectivity index (χ0v) is 15.6. The summed E-state index contributed by atoms with van der Waals surface area (Å²) in [6, 6.07) is 5.32. The fourth-order valence-electron chi connectivity index (χ4n) is 3.19. The first kappa shape index (κ1) is 20.6. The van der Waals surface area contributed by atoms with Crippen molar-refractivity contribution >= 4 is 16.0 Å². The number of allylic oxidation sites excluding steroid dienone is 1. The molecule has 0 radical (unpaired) electrons. The third-order valence-electron chi connectivity index (χ3n) is 4.51. The summed E-state index contributed by atoms with van der Waals surface area (Å²) in [5.41, 5.74) is 1.67. The second-order valence-electron chi connectivity index (χ2n) is 6.72. The number of unbranched alkanes of at least 4 members (excludes halogenated alkanes) is 3. The van der Waals surface area contributed by atoms with E-state index in [1.807, 2.05) is 0 Å². The van der Waals surface area contributed by atoms with Gasteiger partial charge in [-0.05, 0) is 49.8 Å². The van der Waals surface area contributed by atoms with Gasteiger partial charge in [-0.15, -0.1) is 0 Å². The molecule has 1 aromatic carbocycles. The van der Waals surface area contributed by atoms with Crippen molar-refractivity contribution < 1.29 is 22.7 Å². The molecule has 7 heteroatoms. The van der Waals surface area contributed by atoms with Crippen LogP contribution in [0.4, 0.5) is 4.39 Å². The van der Waals surface area contributed by atoms with Gasteiger partial charge in [0.2, 0.25) is 10.0 Å². The molecule has 0 bridgehead atoms. The van der Waals surface area contributed by atoms with Crippen LogP contribution in [0.2, 0.25) is 0 Å². The molecule has 0 amide bonds. The Labute approximate surface area is 154 Å². The average Bonchev–Trinajstić information content (AvgIpc) is 2.98. The Morgan fingerprint density at radius 1 is 1.15 bits per heavy atom. The summed E-state index contributed by atoms with van der Waals surface area (Å²) in [6.45, 7) is 0. The van der Waals surface area contributed by atoms with Gasteiger partial charge in [-0.1, -0.05) is 36.6 Å². The first-order valence-corrected chi connectivity index (χ1v) is 10.7. The van der Waals surface area contributed by atoms with Crippen molar-refractivity contribution in [1.82, 2.24) is 4.72 Å². The molecule has 0 heterocycles. The number of carboxylic acids is 1. The molecule has 2 N–H and O–H groups in total. The molecule has 5 nitrogen and oxygen atoms in total. The average molecular weight is 383 g/mol. The van der Waals surface area contributed by atoms with Gasteiger partial charge in [0.1, 0.15) is 5.82 Å². The van der Waals surface area contributed by atoms with Crippen LogP contribution in [0.3, 0.4) is 0 Å². The van der Waals surface area contributed by atoms with Crippen LogP contribution in [0, 0.1) is 5.82 Å². The molecule has 1 aromatic rings. The highest BCUT2D eigenvalue weighted by Gasteiger charge is 2.24. The number of sulfonamides is 1. The zero-order valence-electron chi connectivity index (χ0n) is 14.8. The van der Waals surface area contributed by atoms with Gasteiger partial charge >= 0.3 is 5.97 Å². The number of halogens is 1. The van der Waals surface area contributed by atoms with Crippen molar-refractivity contribution in [1.29, 1.82) is 0 Å². The van der Waals surface area contributed by atoms with Gasteiger partial charge in [0.25, 0.3) is 0 Å². The number of carboxylic acid groups (broad SMARTS) is 1. The van der Waals surface area contributed by atoms with E-state index in [1.54, 1.807) is 0 Å². The molecular formula is C19H26FNO4S. The molecule has 1 aliphatic carbocycles. The van der Waals surface area contributed by atoms with E-state index in [4.69, 9.17) is 5.11 Å². The first-order chi connectivity index (χ1) is 12.4. The highest BCUT2D eigenvalue weighted by atomic mass is 32.2. The minimum Gasteiger partial charge on any atom is -0.481 e. The zero-order chi connectivity index (χ0) is 19.0. The lowest BCUT2D eigenvalue weighted by Gasteiger charge is -2.17. The van der Waals surface area contributed by atoms with E-state index in [1.165, 1.54) is 24.3 Å². The molecular weight excluding hydrogens is 357 g/mol. The van der Waals surface area contributed by atoms with Gasteiger partial charge in [-0.2, -0.15) is 0 Å². The van der Waals surface area contributed by atoms with Crippen LogP contribution in [0.1, 0.15) is 56.9 Å². The second-order valence-corrected chi connectivity index (χ2v) is 8.47. The van der Waals surface area contributed by atoms with E-state index in [0.29, 0.717) is 12.0 Å². The fraction of sp³-hybridized carbons (Fsp3) is 0.526. The Kier molecular flexibility index (Phi) is 7.78. The second kappa shape index (κ2) is 9.83. The van der Waals surface area contributed by atoms with Gasteiger partial charge in [0, 0.05) is 12.5 Å². The van der Waals surface area contributed by atoms with E-state index in [0.717, 1.165) is 44.1 Å². The molecule has 0 spiro atoms. The number of rotatable bonds is 11. The maximum atomic E-state index is 12.9. The number of carbonyl (C=O) groups is 1. The van der Waals surface area contributed by atoms with Crippen molar-refractivity contribution in [3.63, 3.8) is 0 Å². The highest BCUT2D eigenvalue weighted by Crippen LogP contribution is 2.25. The predicted molar refractivity (Wildman–Crippen MR) is 98.6 cm³/mol. The lowest BCUT2D eigenvalue weighted by atomic mass is 10.0. The number of benzene rings is 1. The fourth-order valence-corrected chi connectivity index (χ4v) is 4.61. The van der Waals surface area contributed by atoms with Gasteiger partial charge in [-0.3, -0.25) is 4.79 Å². The van der Waals surface area contributed by atoms with Crippen molar-refractivity contribution in [2.24, 2.45) is 0 Å². The molecule has 2 rings (SSSR count). The normalized spacial score (nSPS) is 17.3. The van der Waals surface area contributed by atoms with E-state index in [9.17, 15) is 17.6 Å². The van der Waals surface area contributed by atoms with Gasteiger partial charge in [0.05, 0.1) is 5.75 Å². The molecule has 0 saturated carbocycles. The van der Waals surface area contributed by atoms with E-state index in [2.05, 4.69) is 10.8 Å². The maximum Gasteiger partial charge on any atom is 0.303 e. The van der Waals surface area contributed by atoms with Gasteiger partial charge in [-0.25, -0.2) is 17.5 Å². The Balaban J connectivity index is 1.77. The van der Waals surface area contributed by atoms with Crippen molar-refractivity contribution in [2.75, 3.05) is 0 Å². The number of aliphatic carboxylic acids is 1. The van der Waals surface area contributed by atoms with Crippen LogP contribution in [0.15, 0.2) is 35.9 Å². The lowest BCUT2D eigenvalue weighted by Crippen LogP contribution is -2.35. The highest BCUT2D eigenvalue weighted by molar-refractivity contribution is 7.88. The van der Waals surface area contributed by atoms with E-state index < -0.39 is 16.0 Å². The summed E-state index contributed by atoms with van der Waals surface area (Å²) in [6.07, 6.45) is 8.19. The molecule has 0 fully saturated rings. The minimum atomic E-state index is -3.49. The topological polar surface area (TPSA) is 83.5 Å². The monoisotopic (exact) mass is 383 g/mol. The van der Waals surface area contributed by atoms with Crippen molar-refractivity contribution in [2.45, 2.75) is 63.2 Å². The molecule has 0 saturated heterocycles. The van der Waals surface area contributed by atoms with Crippen LogP contribution in [-0.2, 0) is 20.6 Å². The van der Waals surface area contributed by atoms with Gasteiger partial charge in [0.15, 0.2) is 0 Å². The summed E-state index contributed by atoms with van der Waals surface area (Å²) in [5, 5.41) is 8.61. The van der Waals surface area contributed by atoms with Crippen molar-refractivity contribution in [3.05, 3.63) is 47.3 Å². The number of hydrogen-bond acceptors (Lipinski definition) is 3. The SMILES string of the molecule is O=C(O)CCCCCCC1=CCC[C@@H]1NS(=O)(=O)Cc1ccc(F)cc1. The molecule has 1 atom stereocenters. The molecule has 1 aliphatic rings. The van der Waals surface area contributed by atoms with Crippen LogP contribution >= 0.6 is 0 Å². The number of nitrogens with one attached hydrogen (secondary N) is 1. The number of hydrogen-bond donors (Lipinski definition) is 2. The summed E-state index contributed by atoms with van der Waals surface area (Å²) < 4.78 is 40.5. The molecule has 26 heavy (non-hydrogen) atoms. The van der Waals surface area contributed by atoms with Crippen LogP contribution in [0.5, 0.6) is 0 Å². The molecule has 0 aromatic heterocycles. The Bertz CT molecular complexity index is 728. The third-order valence-corrected chi connectivity index (χ3v) is 5.86. The van der Waals surface area contributed by atoms with Crippen molar-refractivity contribution in [3.8, 4) is 0 Å². The van der Waals surface area contributed by atoms with Gasteiger partial charge < -0.3 is 5.11 Å². The van der Waals surface area contributed by atoms with E-state index >= 15 is 0 Å². The molecule has 0 aliphatic heterocycles. The van der Waals surface area contributed by atoms with Crippen LogP contribution in [0.25, 0.3) is 0 Å². The standard InChI is InChI=1S/C19H26FNO4S/c20-17-12-10-15(11-13-17)14-26(24,25)21-18-8-5-7-16(18)6-3-1-2-4-9-19(22)23/h7,10-13,18,21H,1-6,8-9,14H2,(H,22,23)/t18-/m0/s1. The predicted octanol–water partition coefficient (Wildman–Crippen LogP) is 3.76. The smallest absolute Gasteiger partial charge is 0.303 e. The Morgan fingerprint density at radius 3 is 2.54 bits per heavy atom. The summed E-state index contributed by atoms with van der Waals surface area (Å²) >= 11 is 0.